The van der Waals surface area contributed by atoms with E-state index in [-0.39, 0.29) is 0 Å². The first-order valence-corrected chi connectivity index (χ1v) is 5.55. The molecular weight excluding hydrogens is 268 g/mol. The van der Waals surface area contributed by atoms with Gasteiger partial charge >= 0.3 is 0 Å². The van der Waals surface area contributed by atoms with Crippen LogP contribution in [0.1, 0.15) is 16.2 Å². The number of nitrogens with zero attached hydrogens (tertiary/aromatic N) is 2. The molecule has 0 spiro atoms. The summed E-state index contributed by atoms with van der Waals surface area (Å²) in [6.07, 6.45) is 0.732. The summed E-state index contributed by atoms with van der Waals surface area (Å²) >= 11 is 3.39. The number of carbonyl (C=O) groups excluding carboxylic acids is 1. The van der Waals surface area contributed by atoms with Gasteiger partial charge < -0.3 is 0 Å². The van der Waals surface area contributed by atoms with Crippen molar-refractivity contribution in [1.82, 2.24) is 9.97 Å². The molecule has 2 aromatic rings. The summed E-state index contributed by atoms with van der Waals surface area (Å²) in [5, 5.41) is 0. The summed E-state index contributed by atoms with van der Waals surface area (Å²) in [5.41, 5.74) is 2.08. The molecule has 0 saturated carbocycles. The number of hydrogen-bond donors (Lipinski definition) is 0. The van der Waals surface area contributed by atoms with Crippen LogP contribution >= 0.6 is 15.9 Å². The van der Waals surface area contributed by atoms with Gasteiger partial charge in [-0.2, -0.15) is 0 Å². The molecule has 0 saturated heterocycles. The Balaban J connectivity index is 2.55. The summed E-state index contributed by atoms with van der Waals surface area (Å²) in [6.45, 7) is 1.84. The smallest absolute Gasteiger partial charge is 0.168 e. The summed E-state index contributed by atoms with van der Waals surface area (Å²) in [6, 6.07) is 9.33. The van der Waals surface area contributed by atoms with Crippen LogP contribution in [0.15, 0.2) is 34.8 Å². The minimum atomic E-state index is 0.405. The Bertz CT molecular complexity index is 540. The number of halogens is 1. The average molecular weight is 277 g/mol. The van der Waals surface area contributed by atoms with Gasteiger partial charge in [0.25, 0.3) is 0 Å². The molecule has 1 aromatic carbocycles. The van der Waals surface area contributed by atoms with E-state index < -0.39 is 0 Å². The van der Waals surface area contributed by atoms with Crippen molar-refractivity contribution in [3.63, 3.8) is 0 Å². The molecule has 80 valence electrons. The zero-order valence-corrected chi connectivity index (χ0v) is 10.2. The molecule has 0 atom stereocenters. The predicted molar refractivity (Wildman–Crippen MR) is 65.3 cm³/mol. The van der Waals surface area contributed by atoms with Gasteiger partial charge in [-0.15, -0.1) is 0 Å². The Morgan fingerprint density at radius 3 is 2.75 bits per heavy atom. The van der Waals surface area contributed by atoms with E-state index >= 15 is 0 Å². The third-order valence-corrected chi connectivity index (χ3v) is 2.57. The highest BCUT2D eigenvalue weighted by molar-refractivity contribution is 9.10. The molecule has 1 heterocycles. The minimum absolute atomic E-state index is 0.405. The van der Waals surface area contributed by atoms with E-state index in [0.29, 0.717) is 11.5 Å². The highest BCUT2D eigenvalue weighted by Gasteiger charge is 2.04. The van der Waals surface area contributed by atoms with Crippen molar-refractivity contribution in [3.8, 4) is 11.4 Å². The van der Waals surface area contributed by atoms with Gasteiger partial charge in [0, 0.05) is 15.7 Å². The Morgan fingerprint density at radius 2 is 2.06 bits per heavy atom. The maximum atomic E-state index is 10.7. The largest absolute Gasteiger partial charge is 0.296 e. The zero-order chi connectivity index (χ0) is 11.5. The van der Waals surface area contributed by atoms with Gasteiger partial charge in [0.05, 0.1) is 0 Å². The zero-order valence-electron chi connectivity index (χ0n) is 8.64. The van der Waals surface area contributed by atoms with Crippen molar-refractivity contribution >= 4 is 22.2 Å². The highest BCUT2D eigenvalue weighted by Crippen LogP contribution is 2.20. The maximum Gasteiger partial charge on any atom is 0.168 e. The van der Waals surface area contributed by atoms with E-state index in [2.05, 4.69) is 25.9 Å². The summed E-state index contributed by atoms with van der Waals surface area (Å²) in [7, 11) is 0. The molecule has 3 nitrogen and oxygen atoms in total. The van der Waals surface area contributed by atoms with Crippen LogP contribution in [0.25, 0.3) is 11.4 Å². The first kappa shape index (κ1) is 11.0. The van der Waals surface area contributed by atoms with Gasteiger partial charge in [0.15, 0.2) is 12.1 Å². The Morgan fingerprint density at radius 1 is 1.25 bits per heavy atom. The first-order valence-electron chi connectivity index (χ1n) is 4.76. The molecule has 0 aliphatic heterocycles. The number of benzene rings is 1. The van der Waals surface area contributed by atoms with Crippen molar-refractivity contribution < 1.29 is 4.79 Å². The summed E-state index contributed by atoms with van der Waals surface area (Å²) < 4.78 is 0.961. The van der Waals surface area contributed by atoms with Crippen molar-refractivity contribution in [3.05, 3.63) is 46.2 Å². The van der Waals surface area contributed by atoms with Crippen LogP contribution in [0.5, 0.6) is 0 Å². The van der Waals surface area contributed by atoms with Crippen LogP contribution in [-0.2, 0) is 0 Å². The quantitative estimate of drug-likeness (QED) is 0.792. The lowest BCUT2D eigenvalue weighted by molar-refractivity contribution is 0.111. The maximum absolute atomic E-state index is 10.7. The van der Waals surface area contributed by atoms with Gasteiger partial charge in [0.2, 0.25) is 0 Å². The van der Waals surface area contributed by atoms with E-state index in [4.69, 9.17) is 0 Å². The predicted octanol–water partition coefficient (Wildman–Crippen LogP) is 3.03. The highest BCUT2D eigenvalue weighted by atomic mass is 79.9. The standard InChI is InChI=1S/C12H9BrN2O/c1-8-5-11(7-16)15-12(14-8)9-3-2-4-10(13)6-9/h2-7H,1H3. The lowest BCUT2D eigenvalue weighted by Crippen LogP contribution is -1.96. The van der Waals surface area contributed by atoms with Crippen molar-refractivity contribution in [1.29, 1.82) is 0 Å². The monoisotopic (exact) mass is 276 g/mol. The molecule has 0 amide bonds. The Hall–Kier alpha value is -1.55. The lowest BCUT2D eigenvalue weighted by Gasteiger charge is -2.02. The van der Waals surface area contributed by atoms with E-state index in [1.807, 2.05) is 31.2 Å². The average Bonchev–Trinajstić information content (AvgIpc) is 2.28. The summed E-state index contributed by atoms with van der Waals surface area (Å²) in [4.78, 5) is 19.2. The number of rotatable bonds is 2. The van der Waals surface area contributed by atoms with Gasteiger partial charge in [-0.25, -0.2) is 9.97 Å². The molecule has 0 N–H and O–H groups in total. The van der Waals surface area contributed by atoms with Crippen molar-refractivity contribution in [2.75, 3.05) is 0 Å². The number of aromatic nitrogens is 2. The van der Waals surface area contributed by atoms with Crippen LogP contribution in [0.4, 0.5) is 0 Å². The number of aryl methyl sites for hydroxylation is 1. The Kier molecular flexibility index (Phi) is 3.10. The molecule has 0 aliphatic rings. The Labute approximate surface area is 102 Å². The van der Waals surface area contributed by atoms with E-state index in [9.17, 15) is 4.79 Å². The van der Waals surface area contributed by atoms with Gasteiger partial charge in [0.1, 0.15) is 5.69 Å². The molecule has 0 aliphatic carbocycles. The molecule has 16 heavy (non-hydrogen) atoms. The molecule has 0 bridgehead atoms. The van der Waals surface area contributed by atoms with Crippen LogP contribution in [0.3, 0.4) is 0 Å². The van der Waals surface area contributed by atoms with Crippen LogP contribution in [-0.4, -0.2) is 16.3 Å². The van der Waals surface area contributed by atoms with Gasteiger partial charge in [-0.05, 0) is 25.1 Å². The molecule has 0 unspecified atom stereocenters. The molecular formula is C12H9BrN2O. The topological polar surface area (TPSA) is 42.9 Å². The summed E-state index contributed by atoms with van der Waals surface area (Å²) in [5.74, 6) is 0.573. The second-order valence-electron chi connectivity index (χ2n) is 3.39. The van der Waals surface area contributed by atoms with Crippen molar-refractivity contribution in [2.24, 2.45) is 0 Å². The van der Waals surface area contributed by atoms with Crippen molar-refractivity contribution in [2.45, 2.75) is 6.92 Å². The minimum Gasteiger partial charge on any atom is -0.296 e. The van der Waals surface area contributed by atoms with Gasteiger partial charge in [-0.3, -0.25) is 4.79 Å². The van der Waals surface area contributed by atoms with E-state index in [1.165, 1.54) is 0 Å². The van der Waals surface area contributed by atoms with E-state index in [0.717, 1.165) is 22.0 Å². The third kappa shape index (κ3) is 2.33. The second kappa shape index (κ2) is 4.53. The molecule has 0 radical (unpaired) electrons. The second-order valence-corrected chi connectivity index (χ2v) is 4.30. The molecule has 1 aromatic heterocycles. The molecule has 4 heteroatoms. The fraction of sp³-hybridized carbons (Fsp3) is 0.0833. The number of carbonyl (C=O) groups is 1. The van der Waals surface area contributed by atoms with Gasteiger partial charge in [-0.1, -0.05) is 28.1 Å². The SMILES string of the molecule is Cc1cc(C=O)nc(-c2cccc(Br)c2)n1. The third-order valence-electron chi connectivity index (χ3n) is 2.08. The number of hydrogen-bond acceptors (Lipinski definition) is 3. The van der Waals surface area contributed by atoms with Crippen LogP contribution < -0.4 is 0 Å². The first-order chi connectivity index (χ1) is 7.69. The normalized spacial score (nSPS) is 10.1. The number of aldehydes is 1. The van der Waals surface area contributed by atoms with Crippen LogP contribution in [0.2, 0.25) is 0 Å². The van der Waals surface area contributed by atoms with Crippen LogP contribution in [0, 0.1) is 6.92 Å². The van der Waals surface area contributed by atoms with E-state index in [1.54, 1.807) is 6.07 Å². The molecule has 2 rings (SSSR count). The molecule has 0 fully saturated rings. The fourth-order valence-electron chi connectivity index (χ4n) is 1.41. The fourth-order valence-corrected chi connectivity index (χ4v) is 1.81. The lowest BCUT2D eigenvalue weighted by atomic mass is 10.2.